The zero-order valence-electron chi connectivity index (χ0n) is 12.5. The molecule has 0 aliphatic rings. The molecule has 6 heteroatoms. The number of carboxylic acids is 1. The molecule has 2 aromatic rings. The van der Waals surface area contributed by atoms with Crippen molar-refractivity contribution in [2.24, 2.45) is 0 Å². The van der Waals surface area contributed by atoms with E-state index in [-0.39, 0.29) is 17.7 Å². The summed E-state index contributed by atoms with van der Waals surface area (Å²) in [5, 5.41) is 12.4. The van der Waals surface area contributed by atoms with Crippen molar-refractivity contribution < 1.29 is 14.3 Å². The summed E-state index contributed by atoms with van der Waals surface area (Å²) >= 11 is 0. The second kappa shape index (κ2) is 5.95. The van der Waals surface area contributed by atoms with Crippen molar-refractivity contribution in [3.05, 3.63) is 41.4 Å². The van der Waals surface area contributed by atoms with Crippen LogP contribution < -0.4 is 5.32 Å². The minimum atomic E-state index is -1.08. The molecule has 112 valence electrons. The van der Waals surface area contributed by atoms with E-state index >= 15 is 0 Å². The number of hydrogen-bond donors (Lipinski definition) is 2. The summed E-state index contributed by atoms with van der Waals surface area (Å²) in [6, 6.07) is 3.55. The maximum absolute atomic E-state index is 11.4. The third-order valence-corrected chi connectivity index (χ3v) is 3.09. The summed E-state index contributed by atoms with van der Waals surface area (Å²) in [6.07, 6.45) is 1.51. The predicted octanol–water partition coefficient (Wildman–Crippen LogP) is 3.37. The Labute approximate surface area is 123 Å². The Morgan fingerprint density at radius 1 is 1.33 bits per heavy atom. The molecule has 2 rings (SSSR count). The average molecular weight is 289 g/mol. The summed E-state index contributed by atoms with van der Waals surface area (Å²) < 4.78 is 5.53. The molecule has 0 aliphatic heterocycles. The molecule has 0 amide bonds. The maximum atomic E-state index is 11.4. The highest BCUT2D eigenvalue weighted by molar-refractivity contribution is 5.91. The fourth-order valence-electron chi connectivity index (χ4n) is 1.93. The van der Waals surface area contributed by atoms with E-state index in [9.17, 15) is 9.90 Å². The first kappa shape index (κ1) is 15.0. The van der Waals surface area contributed by atoms with Gasteiger partial charge in [0.25, 0.3) is 0 Å². The molecule has 21 heavy (non-hydrogen) atoms. The second-order valence-corrected chi connectivity index (χ2v) is 5.26. The zero-order valence-corrected chi connectivity index (χ0v) is 12.5. The lowest BCUT2D eigenvalue weighted by molar-refractivity contribution is 0.0691. The molecule has 0 saturated carbocycles. The Bertz CT molecular complexity index is 649. The first-order valence-electron chi connectivity index (χ1n) is 6.81. The average Bonchev–Trinajstić information content (AvgIpc) is 2.85. The SMILES string of the molecule is Cc1ccc(C(C)Nc2cnc(C(C)C)nc2C(=O)O)o1. The normalized spacial score (nSPS) is 12.4. The van der Waals surface area contributed by atoms with Crippen LogP contribution >= 0.6 is 0 Å². The molecule has 1 atom stereocenters. The molecule has 0 radical (unpaired) electrons. The number of carboxylic acid groups (broad SMARTS) is 1. The highest BCUT2D eigenvalue weighted by Crippen LogP contribution is 2.23. The van der Waals surface area contributed by atoms with Gasteiger partial charge < -0.3 is 14.8 Å². The van der Waals surface area contributed by atoms with Crippen molar-refractivity contribution in [2.45, 2.75) is 39.7 Å². The van der Waals surface area contributed by atoms with Gasteiger partial charge in [-0.3, -0.25) is 0 Å². The Balaban J connectivity index is 2.28. The number of nitrogens with one attached hydrogen (secondary N) is 1. The van der Waals surface area contributed by atoms with Crippen LogP contribution in [0.4, 0.5) is 5.69 Å². The summed E-state index contributed by atoms with van der Waals surface area (Å²) in [6.45, 7) is 7.59. The molecule has 0 spiro atoms. The fourth-order valence-corrected chi connectivity index (χ4v) is 1.93. The van der Waals surface area contributed by atoms with Crippen LogP contribution in [-0.4, -0.2) is 21.0 Å². The number of aromatic nitrogens is 2. The van der Waals surface area contributed by atoms with Crippen molar-refractivity contribution in [3.8, 4) is 0 Å². The van der Waals surface area contributed by atoms with Gasteiger partial charge in [0.05, 0.1) is 17.9 Å². The maximum Gasteiger partial charge on any atom is 0.356 e. The van der Waals surface area contributed by atoms with Crippen LogP contribution in [0.2, 0.25) is 0 Å². The van der Waals surface area contributed by atoms with E-state index in [4.69, 9.17) is 4.42 Å². The van der Waals surface area contributed by atoms with Crippen molar-refractivity contribution in [3.63, 3.8) is 0 Å². The third kappa shape index (κ3) is 3.39. The molecule has 0 bridgehead atoms. The monoisotopic (exact) mass is 289 g/mol. The highest BCUT2D eigenvalue weighted by atomic mass is 16.4. The van der Waals surface area contributed by atoms with E-state index in [1.165, 1.54) is 6.20 Å². The lowest BCUT2D eigenvalue weighted by Crippen LogP contribution is -2.14. The van der Waals surface area contributed by atoms with Crippen LogP contribution in [0, 0.1) is 6.92 Å². The Hall–Kier alpha value is -2.37. The first-order chi connectivity index (χ1) is 9.88. The second-order valence-electron chi connectivity index (χ2n) is 5.26. The van der Waals surface area contributed by atoms with Gasteiger partial charge >= 0.3 is 5.97 Å². The van der Waals surface area contributed by atoms with Gasteiger partial charge in [-0.1, -0.05) is 13.8 Å². The smallest absolute Gasteiger partial charge is 0.356 e. The van der Waals surface area contributed by atoms with Crippen LogP contribution in [0.5, 0.6) is 0 Å². The number of carbonyl (C=O) groups is 1. The summed E-state index contributed by atoms with van der Waals surface area (Å²) in [5.41, 5.74) is 0.359. The molecule has 2 N–H and O–H groups in total. The Morgan fingerprint density at radius 2 is 2.05 bits per heavy atom. The van der Waals surface area contributed by atoms with Crippen LogP contribution in [0.15, 0.2) is 22.7 Å². The fraction of sp³-hybridized carbons (Fsp3) is 0.400. The van der Waals surface area contributed by atoms with Crippen molar-refractivity contribution >= 4 is 11.7 Å². The number of nitrogens with zero attached hydrogens (tertiary/aromatic N) is 2. The number of aryl methyl sites for hydroxylation is 1. The van der Waals surface area contributed by atoms with Crippen molar-refractivity contribution in [1.82, 2.24) is 9.97 Å². The van der Waals surface area contributed by atoms with Gasteiger partial charge in [0.1, 0.15) is 17.3 Å². The molecule has 0 aliphatic carbocycles. The standard InChI is InChI=1S/C15H19N3O3/c1-8(2)14-16-7-11(13(18-14)15(19)20)17-10(4)12-6-5-9(3)21-12/h5-8,10,17H,1-4H3,(H,19,20). The van der Waals surface area contributed by atoms with Gasteiger partial charge in [-0.25, -0.2) is 14.8 Å². The molecule has 2 heterocycles. The van der Waals surface area contributed by atoms with Gasteiger partial charge in [0.15, 0.2) is 5.69 Å². The first-order valence-corrected chi connectivity index (χ1v) is 6.81. The van der Waals surface area contributed by atoms with Gasteiger partial charge in [0.2, 0.25) is 0 Å². The Kier molecular flexibility index (Phi) is 4.26. The minimum Gasteiger partial charge on any atom is -0.476 e. The van der Waals surface area contributed by atoms with Crippen molar-refractivity contribution in [1.29, 1.82) is 0 Å². The van der Waals surface area contributed by atoms with Crippen LogP contribution in [-0.2, 0) is 0 Å². The molecule has 1 unspecified atom stereocenters. The van der Waals surface area contributed by atoms with E-state index in [1.54, 1.807) is 0 Å². The molecule has 2 aromatic heterocycles. The lowest BCUT2D eigenvalue weighted by Gasteiger charge is -2.15. The van der Waals surface area contributed by atoms with Crippen LogP contribution in [0.25, 0.3) is 0 Å². The van der Waals surface area contributed by atoms with E-state index in [1.807, 2.05) is 39.8 Å². The highest BCUT2D eigenvalue weighted by Gasteiger charge is 2.18. The zero-order chi connectivity index (χ0) is 15.6. The van der Waals surface area contributed by atoms with Gasteiger partial charge in [0, 0.05) is 5.92 Å². The number of rotatable bonds is 5. The molecule has 0 aromatic carbocycles. The van der Waals surface area contributed by atoms with Gasteiger partial charge in [-0.2, -0.15) is 0 Å². The molecular weight excluding hydrogens is 270 g/mol. The quantitative estimate of drug-likeness (QED) is 0.877. The van der Waals surface area contributed by atoms with E-state index in [0.29, 0.717) is 11.5 Å². The lowest BCUT2D eigenvalue weighted by atomic mass is 10.2. The minimum absolute atomic E-state index is 0.0242. The van der Waals surface area contributed by atoms with Crippen molar-refractivity contribution in [2.75, 3.05) is 5.32 Å². The predicted molar refractivity (Wildman–Crippen MR) is 78.6 cm³/mol. The number of anilines is 1. The van der Waals surface area contributed by atoms with Crippen LogP contribution in [0.3, 0.4) is 0 Å². The number of aromatic carboxylic acids is 1. The number of hydrogen-bond acceptors (Lipinski definition) is 5. The van der Waals surface area contributed by atoms with Crippen LogP contribution in [0.1, 0.15) is 60.6 Å². The van der Waals surface area contributed by atoms with Gasteiger partial charge in [-0.05, 0) is 26.0 Å². The van der Waals surface area contributed by atoms with E-state index < -0.39 is 5.97 Å². The Morgan fingerprint density at radius 3 is 2.57 bits per heavy atom. The van der Waals surface area contributed by atoms with Gasteiger partial charge in [-0.15, -0.1) is 0 Å². The summed E-state index contributed by atoms with van der Waals surface area (Å²) in [7, 11) is 0. The topological polar surface area (TPSA) is 88.2 Å². The molecule has 0 saturated heterocycles. The number of furan rings is 1. The summed E-state index contributed by atoms with van der Waals surface area (Å²) in [4.78, 5) is 19.7. The molecule has 0 fully saturated rings. The molecular formula is C15H19N3O3. The third-order valence-electron chi connectivity index (χ3n) is 3.09. The van der Waals surface area contributed by atoms with E-state index in [2.05, 4.69) is 15.3 Å². The molecule has 6 nitrogen and oxygen atoms in total. The van der Waals surface area contributed by atoms with E-state index in [0.717, 1.165) is 11.5 Å². The summed E-state index contributed by atoms with van der Waals surface area (Å²) in [5.74, 6) is 1.05. The largest absolute Gasteiger partial charge is 0.476 e.